The number of amides is 12. The molecule has 4 aliphatic rings. The summed E-state index contributed by atoms with van der Waals surface area (Å²) in [6.07, 6.45) is -1.63. The number of hydrogen-bond acceptors (Lipinski definition) is 36. The number of carbonyl (C=O) groups is 21. The molecule has 134 heavy (non-hydrogen) atoms. The Morgan fingerprint density at radius 2 is 0.896 bits per heavy atom. The van der Waals surface area contributed by atoms with E-state index in [1.165, 1.54) is 47.8 Å². The summed E-state index contributed by atoms with van der Waals surface area (Å²) in [7, 11) is 3.89. The number of alkyl halides is 1. The largest absolute Gasteiger partial charge is 0.481 e. The van der Waals surface area contributed by atoms with Gasteiger partial charge in [-0.15, -0.1) is 23.5 Å². The molecular weight excluding hydrogens is 1880 g/mol. The van der Waals surface area contributed by atoms with Crippen molar-refractivity contribution in [3.63, 3.8) is 0 Å². The van der Waals surface area contributed by atoms with Crippen molar-refractivity contribution in [1.29, 1.82) is 0 Å². The van der Waals surface area contributed by atoms with E-state index in [1.807, 2.05) is 90.1 Å². The van der Waals surface area contributed by atoms with Crippen molar-refractivity contribution < 1.29 is 158 Å². The van der Waals surface area contributed by atoms with E-state index >= 15 is 0 Å². The van der Waals surface area contributed by atoms with Gasteiger partial charge in [-0.05, 0) is 107 Å². The predicted molar refractivity (Wildman–Crippen MR) is 488 cm³/mol. The van der Waals surface area contributed by atoms with Gasteiger partial charge in [-0.25, -0.2) is 19.2 Å². The summed E-state index contributed by atoms with van der Waals surface area (Å²) in [6.45, 7) is 24.9. The first-order valence-electron chi connectivity index (χ1n) is 41.3. The fraction of sp³-hybridized carbons (Fsp3) is 0.602. The molecule has 4 aliphatic heterocycles. The number of carboxylic acids is 2. The lowest BCUT2D eigenvalue weighted by Gasteiger charge is -2.26. The van der Waals surface area contributed by atoms with Gasteiger partial charge in [0.2, 0.25) is 47.3 Å². The molecule has 0 aromatic heterocycles. The van der Waals surface area contributed by atoms with Gasteiger partial charge in [0, 0.05) is 71.9 Å². The summed E-state index contributed by atoms with van der Waals surface area (Å²) in [4.78, 5) is 237. The van der Waals surface area contributed by atoms with Crippen LogP contribution in [0.2, 0.25) is 0 Å². The third-order valence-corrected chi connectivity index (χ3v) is 17.0. The van der Waals surface area contributed by atoms with Crippen LogP contribution in [-0.4, -0.2) is 358 Å². The number of rotatable bonds is 35. The second-order valence-electron chi connectivity index (χ2n) is 31.2. The van der Waals surface area contributed by atoms with Gasteiger partial charge in [0.1, 0.15) is 54.0 Å². The molecule has 51 heteroatoms. The quantitative estimate of drug-likeness (QED) is 0.0142. The molecule has 0 unspecified atom stereocenters. The Morgan fingerprint density at radius 1 is 0.470 bits per heavy atom. The molecule has 4 heterocycles. The van der Waals surface area contributed by atoms with Gasteiger partial charge in [-0.3, -0.25) is 81.5 Å². The molecule has 0 saturated carbocycles. The lowest BCUT2D eigenvalue weighted by molar-refractivity contribution is -0.157. The van der Waals surface area contributed by atoms with E-state index in [2.05, 4.69) is 82.7 Å². The second kappa shape index (κ2) is 72.3. The van der Waals surface area contributed by atoms with Gasteiger partial charge in [0.15, 0.2) is 0 Å². The van der Waals surface area contributed by atoms with Crippen molar-refractivity contribution in [2.24, 2.45) is 11.5 Å². The number of cyclic esters (lactones) is 2. The third kappa shape index (κ3) is 77.4. The van der Waals surface area contributed by atoms with Crippen LogP contribution in [0.25, 0.3) is 0 Å². The van der Waals surface area contributed by atoms with Crippen molar-refractivity contribution >= 4 is 165 Å². The smallest absolute Gasteiger partial charge is 0.407 e. The van der Waals surface area contributed by atoms with E-state index in [0.717, 1.165) is 27.8 Å². The number of ether oxygens (including phenoxy) is 10. The highest BCUT2D eigenvalue weighted by molar-refractivity contribution is 9.09. The van der Waals surface area contributed by atoms with Crippen LogP contribution in [0, 0.1) is 0 Å². The minimum absolute atomic E-state index is 0.00245. The average molecular weight is 2010 g/mol. The number of carbonyl (C=O) groups excluding carboxylic acids is 19. The molecule has 0 aliphatic carbocycles. The number of hydrogen-bond donors (Lipinski definition) is 13. The number of thioether (sulfide) groups is 2. The molecule has 0 spiro atoms. The fourth-order valence-electron chi connectivity index (χ4n) is 8.93. The molecule has 2 aromatic rings. The molecule has 12 amide bonds. The Bertz CT molecular complexity index is 4000. The summed E-state index contributed by atoms with van der Waals surface area (Å²) in [5.41, 5.74) is 10.0. The van der Waals surface area contributed by atoms with Crippen LogP contribution < -0.4 is 59.3 Å². The van der Waals surface area contributed by atoms with Crippen LogP contribution in [-0.2, 0) is 142 Å². The van der Waals surface area contributed by atoms with E-state index in [9.17, 15) is 101 Å². The number of halogens is 1. The van der Waals surface area contributed by atoms with Gasteiger partial charge in [0.05, 0.1) is 103 Å². The van der Waals surface area contributed by atoms with Crippen molar-refractivity contribution in [1.82, 2.24) is 67.5 Å². The zero-order valence-electron chi connectivity index (χ0n) is 78.4. The van der Waals surface area contributed by atoms with Gasteiger partial charge < -0.3 is 136 Å². The van der Waals surface area contributed by atoms with E-state index in [0.29, 0.717) is 63.6 Å². The first-order chi connectivity index (χ1) is 62.7. The van der Waals surface area contributed by atoms with Crippen LogP contribution in [0.5, 0.6) is 0 Å². The van der Waals surface area contributed by atoms with Crippen LogP contribution >= 0.6 is 39.5 Å². The number of nitrogens with two attached hydrogens (primary N) is 2. The highest BCUT2D eigenvalue weighted by Gasteiger charge is 2.28. The predicted octanol–water partition coefficient (Wildman–Crippen LogP) is -0.0165. The maximum absolute atomic E-state index is 12.4. The minimum Gasteiger partial charge on any atom is -0.481 e. The van der Waals surface area contributed by atoms with Crippen molar-refractivity contribution in [3.05, 3.63) is 71.8 Å². The number of carboxylic acid groups (broad SMARTS) is 2. The Kier molecular flexibility index (Phi) is 68.0. The topological polar surface area (TPSA) is 665 Å². The van der Waals surface area contributed by atoms with Gasteiger partial charge in [-0.2, -0.15) is 0 Å². The van der Waals surface area contributed by atoms with Crippen molar-refractivity contribution in [2.75, 3.05) is 181 Å². The first kappa shape index (κ1) is 126. The maximum atomic E-state index is 12.4. The molecule has 756 valence electrons. The Morgan fingerprint density at radius 3 is 1.28 bits per heavy atom. The maximum Gasteiger partial charge on any atom is 0.407 e. The highest BCUT2D eigenvalue weighted by Crippen LogP contribution is 2.13. The summed E-state index contributed by atoms with van der Waals surface area (Å²) >= 11 is 5.19. The summed E-state index contributed by atoms with van der Waals surface area (Å²) < 4.78 is 47.6. The normalized spacial score (nSPS) is 13.0. The molecule has 15 N–H and O–H groups in total. The molecule has 0 atom stereocenters. The number of aliphatic carboxylic acids is 2. The first-order valence-corrected chi connectivity index (χ1v) is 44.8. The molecular formula is C83H132BrN15O33S2. The highest BCUT2D eigenvalue weighted by atomic mass is 79.9. The molecule has 4 fully saturated rings. The average Bonchev–Trinajstić information content (AvgIpc) is 0.883. The number of nitrogens with one attached hydrogen (secondary N) is 9. The number of benzene rings is 2. The van der Waals surface area contributed by atoms with E-state index in [1.54, 1.807) is 53.7 Å². The van der Waals surface area contributed by atoms with Gasteiger partial charge in [-0.1, -0.05) is 76.6 Å². The monoisotopic (exact) mass is 2010 g/mol. The number of nitrogens with zero attached hydrogens (tertiary/aromatic N) is 4. The zero-order valence-corrected chi connectivity index (χ0v) is 81.6. The minimum atomic E-state index is -0.994. The van der Waals surface area contributed by atoms with Crippen LogP contribution in [0.4, 0.5) is 19.2 Å². The van der Waals surface area contributed by atoms with Crippen molar-refractivity contribution in [2.45, 2.75) is 144 Å². The van der Waals surface area contributed by atoms with Crippen LogP contribution in [0.15, 0.2) is 60.7 Å². The number of alkyl carbamates (subject to hydrolysis) is 4. The lowest BCUT2D eigenvalue weighted by Crippen LogP contribution is -2.53. The van der Waals surface area contributed by atoms with Crippen molar-refractivity contribution in [3.8, 4) is 0 Å². The standard InChI is InChI=1S/C20H29N3O7.C11H19N3O4.C11H21NO4.C11H12O4.C10H15N3O5S.C7H16N2O2.C6H11N3O2.C4H4O3S.C3H5BrO2/c1-20(2,3)30-19(27)21-10-11-23(13-17(25)28-4)16(24)12-22-18(26)29-14-15-8-6-5-7-9-15;1-11(2,3)18-10(17)12-4-5-14-7-8(15)13-6-9(14)16;1-11(2,3)16-9(13)6-5-7-12-8-10(14)15-4;12-10(13)6-7-11(14)15-8-9-4-2-1-3-5-9;14-7-4-13(9(16)3-12-7)2-1-11-8(15)5-19-6-10(17)18;1-7(2,3)11-6(10)9-5-4-8;7-1-2-9-4-5(10)8-3-6(9)11;5-3-1-8-2-4(6)7-3;1-6-3(5)2-4/h5-9H,10-14H2,1-4H3,(H,21,27)(H,22,26);4-7H2,1-3H3,(H,12,17)(H,13,15);12H,5-8H2,1-4H3;1-5H,6-8H2,(H,12,13);1-6H2,(H,11,15)(H,12,14)(H,17,18);4-5,8H2,1-3H3,(H,9,10);1-4,7H2,(H,8,10);1-2H2;2H2,1H3. The molecule has 2 aromatic carbocycles. The number of piperazine rings is 3. The fourth-order valence-corrected chi connectivity index (χ4v) is 10.3. The Balaban J connectivity index is -0.00000149. The summed E-state index contributed by atoms with van der Waals surface area (Å²) in [5.74, 6) is -5.89. The molecule has 4 saturated heterocycles. The molecule has 0 bridgehead atoms. The van der Waals surface area contributed by atoms with Crippen LogP contribution in [0.1, 0.15) is 120 Å². The number of methoxy groups -OCH3 is 3. The second-order valence-corrected chi connectivity index (χ2v) is 33.7. The lowest BCUT2D eigenvalue weighted by atomic mass is 10.2. The van der Waals surface area contributed by atoms with E-state index in [-0.39, 0.29) is 194 Å². The van der Waals surface area contributed by atoms with E-state index in [4.69, 9.17) is 50.1 Å². The van der Waals surface area contributed by atoms with E-state index < -0.39 is 88.5 Å². The summed E-state index contributed by atoms with van der Waals surface area (Å²) in [5, 5.41) is 39.6. The zero-order chi connectivity index (χ0) is 102. The van der Waals surface area contributed by atoms with Gasteiger partial charge in [0.25, 0.3) is 0 Å². The number of esters is 7. The summed E-state index contributed by atoms with van der Waals surface area (Å²) in [6, 6.07) is 18.3. The molecule has 48 nitrogen and oxygen atoms in total. The van der Waals surface area contributed by atoms with Crippen LogP contribution in [0.3, 0.4) is 0 Å². The molecule has 0 radical (unpaired) electrons. The SMILES string of the molecule is CC(C)(C)OC(=O)NCCN.CC(C)(C)OC(=O)NCCN1CC(=O)NCC1=O.COC(=O)CBr.COC(=O)CN(CCNC(=O)OC(C)(C)C)C(=O)CNC(=O)OCc1ccccc1.COC(=O)CNCCCC(=O)OC(C)(C)C.NCCN1CC(=O)NCC1=O.O=C(O)CCC(=O)OCc1ccccc1.O=C(O)CSCC(=O)NCCN1CC(=O)NCC1=O.O=C1CSCC(=O)O1. The Labute approximate surface area is 794 Å². The van der Waals surface area contributed by atoms with Gasteiger partial charge >= 0.3 is 78.1 Å². The Hall–Kier alpha value is -12.2. The molecule has 6 rings (SSSR count). The third-order valence-electron chi connectivity index (χ3n) is 14.8.